The van der Waals surface area contributed by atoms with Crippen LogP contribution in [0.1, 0.15) is 56.4 Å². The van der Waals surface area contributed by atoms with Gasteiger partial charge in [-0.3, -0.25) is 4.79 Å². The molecule has 26 heavy (non-hydrogen) atoms. The van der Waals surface area contributed by atoms with Gasteiger partial charge in [-0.05, 0) is 44.2 Å². The van der Waals surface area contributed by atoms with Crippen LogP contribution in [0.25, 0.3) is 0 Å². The van der Waals surface area contributed by atoms with E-state index in [0.29, 0.717) is 25.0 Å². The van der Waals surface area contributed by atoms with Gasteiger partial charge in [0.1, 0.15) is 16.3 Å². The van der Waals surface area contributed by atoms with E-state index in [1.807, 2.05) is 6.07 Å². The fraction of sp³-hybridized carbons (Fsp3) is 0.611. The molecule has 2 rings (SSSR count). The molecule has 0 aliphatic heterocycles. The van der Waals surface area contributed by atoms with E-state index in [1.54, 1.807) is 20.8 Å². The number of esters is 1. The molecule has 0 fully saturated rings. The number of aryl methyl sites for hydroxylation is 1. The van der Waals surface area contributed by atoms with Gasteiger partial charge in [0.25, 0.3) is 0 Å². The molecular formula is C18H21F3N2O2S. The maximum absolute atomic E-state index is 13.6. The number of carbonyl (C=O) groups is 1. The van der Waals surface area contributed by atoms with Crippen LogP contribution in [0.3, 0.4) is 0 Å². The molecular weight excluding hydrogens is 365 g/mol. The third kappa shape index (κ3) is 4.32. The van der Waals surface area contributed by atoms with Crippen LogP contribution in [-0.2, 0) is 16.0 Å². The van der Waals surface area contributed by atoms with Gasteiger partial charge in [-0.1, -0.05) is 25.1 Å². The number of fused-ring (bicyclic) bond motifs is 1. The van der Waals surface area contributed by atoms with E-state index in [2.05, 4.69) is 4.98 Å². The molecule has 0 aromatic carbocycles. The van der Waals surface area contributed by atoms with E-state index in [9.17, 15) is 23.2 Å². The van der Waals surface area contributed by atoms with Crippen LogP contribution in [0, 0.1) is 17.2 Å². The first kappa shape index (κ1) is 20.6. The van der Waals surface area contributed by atoms with Crippen molar-refractivity contribution in [3.63, 3.8) is 0 Å². The third-order valence-electron chi connectivity index (χ3n) is 4.56. The molecule has 142 valence electrons. The first-order valence-electron chi connectivity index (χ1n) is 8.56. The molecule has 4 nitrogen and oxygen atoms in total. The quantitative estimate of drug-likeness (QED) is 0.546. The number of alkyl halides is 3. The molecule has 0 bridgehead atoms. The maximum Gasteiger partial charge on any atom is 0.396 e. The molecule has 1 aromatic heterocycles. The summed E-state index contributed by atoms with van der Waals surface area (Å²) < 4.78 is 45.8. The number of carbonyl (C=O) groups excluding carboxylic acids is 1. The number of ether oxygens (including phenoxy) is 1. The largest absolute Gasteiger partial charge is 0.465 e. The average molecular weight is 386 g/mol. The van der Waals surface area contributed by atoms with Gasteiger partial charge in [-0.25, -0.2) is 4.98 Å². The Morgan fingerprint density at radius 3 is 2.73 bits per heavy atom. The van der Waals surface area contributed by atoms with Gasteiger partial charge in [-0.15, -0.1) is 0 Å². The van der Waals surface area contributed by atoms with Crippen molar-refractivity contribution in [2.24, 2.45) is 5.92 Å². The second kappa shape index (κ2) is 8.30. The van der Waals surface area contributed by atoms with Crippen molar-refractivity contribution < 1.29 is 22.7 Å². The highest BCUT2D eigenvalue weighted by Crippen LogP contribution is 2.48. The van der Waals surface area contributed by atoms with Gasteiger partial charge in [-0.2, -0.15) is 18.4 Å². The lowest BCUT2D eigenvalue weighted by Gasteiger charge is -2.34. The zero-order valence-corrected chi connectivity index (χ0v) is 15.7. The van der Waals surface area contributed by atoms with Crippen LogP contribution < -0.4 is 0 Å². The Morgan fingerprint density at radius 2 is 2.19 bits per heavy atom. The van der Waals surface area contributed by atoms with Crippen LogP contribution >= 0.6 is 11.8 Å². The lowest BCUT2D eigenvalue weighted by atomic mass is 9.75. The van der Waals surface area contributed by atoms with E-state index in [-0.39, 0.29) is 22.8 Å². The topological polar surface area (TPSA) is 63.0 Å². The summed E-state index contributed by atoms with van der Waals surface area (Å²) in [5.41, 5.74) is 0.533. The van der Waals surface area contributed by atoms with Crippen LogP contribution in [0.15, 0.2) is 11.1 Å². The van der Waals surface area contributed by atoms with Crippen LogP contribution in [0.4, 0.5) is 13.2 Å². The summed E-state index contributed by atoms with van der Waals surface area (Å²) in [6.07, 6.45) is -3.11. The summed E-state index contributed by atoms with van der Waals surface area (Å²) in [5, 5.41) is 9.07. The molecule has 8 heteroatoms. The zero-order valence-electron chi connectivity index (χ0n) is 14.9. The Bertz CT molecular complexity index is 716. The van der Waals surface area contributed by atoms with Gasteiger partial charge in [0.05, 0.1) is 18.1 Å². The highest BCUT2D eigenvalue weighted by molar-refractivity contribution is 8.00. The van der Waals surface area contributed by atoms with E-state index >= 15 is 0 Å². The summed E-state index contributed by atoms with van der Waals surface area (Å²) in [5.74, 6) is -2.55. The number of rotatable bonds is 5. The molecule has 0 N–H and O–H groups in total. The van der Waals surface area contributed by atoms with Crippen molar-refractivity contribution in [1.29, 1.82) is 5.26 Å². The number of hydrogen-bond donors (Lipinski definition) is 0. The Balaban J connectivity index is 2.42. The smallest absolute Gasteiger partial charge is 0.396 e. The van der Waals surface area contributed by atoms with Crippen molar-refractivity contribution in [2.45, 2.75) is 62.4 Å². The number of halogens is 3. The van der Waals surface area contributed by atoms with E-state index in [4.69, 9.17) is 4.74 Å². The fourth-order valence-electron chi connectivity index (χ4n) is 3.29. The van der Waals surface area contributed by atoms with Gasteiger partial charge in [0.15, 0.2) is 0 Å². The average Bonchev–Trinajstić information content (AvgIpc) is 2.59. The van der Waals surface area contributed by atoms with Crippen molar-refractivity contribution in [2.75, 3.05) is 6.61 Å². The number of hydrogen-bond acceptors (Lipinski definition) is 5. The van der Waals surface area contributed by atoms with Crippen molar-refractivity contribution >= 4 is 17.7 Å². The van der Waals surface area contributed by atoms with Crippen molar-refractivity contribution in [3.05, 3.63) is 22.9 Å². The highest BCUT2D eigenvalue weighted by Gasteiger charge is 2.48. The monoisotopic (exact) mass is 386 g/mol. The Hall–Kier alpha value is -1.75. The second-order valence-corrected chi connectivity index (χ2v) is 7.56. The fourth-order valence-corrected chi connectivity index (χ4v) is 4.18. The number of nitriles is 1. The summed E-state index contributed by atoms with van der Waals surface area (Å²) in [6, 6.07) is 3.23. The summed E-state index contributed by atoms with van der Waals surface area (Å²) >= 11 is 1.04. The minimum absolute atomic E-state index is 0.0656. The van der Waals surface area contributed by atoms with E-state index in [0.717, 1.165) is 11.8 Å². The van der Waals surface area contributed by atoms with Gasteiger partial charge in [0, 0.05) is 5.69 Å². The second-order valence-electron chi connectivity index (χ2n) is 6.23. The molecule has 1 aliphatic rings. The molecule has 0 amide bonds. The molecule has 1 heterocycles. The van der Waals surface area contributed by atoms with E-state index in [1.165, 1.54) is 6.07 Å². The number of pyridine rings is 1. The predicted octanol–water partition coefficient (Wildman–Crippen LogP) is 4.62. The zero-order chi connectivity index (χ0) is 19.5. The van der Waals surface area contributed by atoms with Crippen LogP contribution in [0.5, 0.6) is 0 Å². The third-order valence-corrected chi connectivity index (χ3v) is 5.64. The Kier molecular flexibility index (Phi) is 6.56. The predicted molar refractivity (Wildman–Crippen MR) is 91.8 cm³/mol. The first-order chi connectivity index (χ1) is 12.2. The number of aromatic nitrogens is 1. The molecule has 0 saturated carbocycles. The van der Waals surface area contributed by atoms with Gasteiger partial charge >= 0.3 is 12.1 Å². The van der Waals surface area contributed by atoms with Crippen molar-refractivity contribution in [3.8, 4) is 6.07 Å². The summed E-state index contributed by atoms with van der Waals surface area (Å²) in [7, 11) is 0. The van der Waals surface area contributed by atoms with Crippen LogP contribution in [0.2, 0.25) is 0 Å². The molecule has 0 saturated heterocycles. The lowest BCUT2D eigenvalue weighted by Crippen LogP contribution is -2.33. The lowest BCUT2D eigenvalue weighted by molar-refractivity contribution is -0.165. The Morgan fingerprint density at radius 1 is 1.50 bits per heavy atom. The minimum Gasteiger partial charge on any atom is -0.465 e. The molecule has 0 radical (unpaired) electrons. The maximum atomic E-state index is 13.6. The van der Waals surface area contributed by atoms with E-state index < -0.39 is 29.2 Å². The molecule has 1 aromatic rings. The Labute approximate surface area is 155 Å². The van der Waals surface area contributed by atoms with Gasteiger partial charge in [0.2, 0.25) is 0 Å². The minimum atomic E-state index is -4.38. The SMILES string of the molecule is CCOC(=O)C(C)Sc1nc2c(cc1C#N)C(C(F)(F)F)C(CC)CC2. The molecule has 0 spiro atoms. The number of thioether (sulfide) groups is 1. The van der Waals surface area contributed by atoms with Crippen molar-refractivity contribution in [1.82, 2.24) is 4.98 Å². The van der Waals surface area contributed by atoms with Gasteiger partial charge < -0.3 is 4.74 Å². The highest BCUT2D eigenvalue weighted by atomic mass is 32.2. The molecule has 3 unspecified atom stereocenters. The normalized spacial score (nSPS) is 20.8. The number of nitrogens with zero attached hydrogens (tertiary/aromatic N) is 2. The summed E-state index contributed by atoms with van der Waals surface area (Å²) in [4.78, 5) is 16.1. The molecule has 1 aliphatic carbocycles. The molecule has 3 atom stereocenters. The first-order valence-corrected chi connectivity index (χ1v) is 9.44. The standard InChI is InChI=1S/C18H21F3N2O2S/c1-4-11-6-7-14-13(15(11)18(19,20)21)8-12(9-22)16(23-14)26-10(3)17(24)25-5-2/h8,10-11,15H,4-7H2,1-3H3. The summed E-state index contributed by atoms with van der Waals surface area (Å²) in [6.45, 7) is 5.29. The van der Waals surface area contributed by atoms with Crippen LogP contribution in [-0.4, -0.2) is 29.0 Å².